The van der Waals surface area contributed by atoms with Crippen molar-refractivity contribution in [1.82, 2.24) is 10.2 Å². The highest BCUT2D eigenvalue weighted by molar-refractivity contribution is 5.94. The van der Waals surface area contributed by atoms with Crippen molar-refractivity contribution >= 4 is 17.8 Å². The second-order valence-electron chi connectivity index (χ2n) is 4.95. The van der Waals surface area contributed by atoms with Gasteiger partial charge in [-0.05, 0) is 25.3 Å². The van der Waals surface area contributed by atoms with Crippen LogP contribution in [-0.2, 0) is 9.59 Å². The van der Waals surface area contributed by atoms with E-state index in [-0.39, 0.29) is 24.8 Å². The summed E-state index contributed by atoms with van der Waals surface area (Å²) in [5, 5.41) is 11.7. The molecule has 2 amide bonds. The van der Waals surface area contributed by atoms with Gasteiger partial charge in [-0.2, -0.15) is 0 Å². The molecule has 1 saturated heterocycles. The predicted molar refractivity (Wildman–Crippen MR) is 72.6 cm³/mol. The van der Waals surface area contributed by atoms with Crippen LogP contribution in [-0.4, -0.2) is 46.9 Å². The summed E-state index contributed by atoms with van der Waals surface area (Å²) in [5.74, 6) is -1.52. The third-order valence-corrected chi connectivity index (χ3v) is 3.52. The van der Waals surface area contributed by atoms with E-state index in [9.17, 15) is 14.4 Å². The molecule has 0 spiro atoms. The lowest BCUT2D eigenvalue weighted by Gasteiger charge is -2.33. The molecule has 1 fully saturated rings. The van der Waals surface area contributed by atoms with Crippen molar-refractivity contribution in [2.75, 3.05) is 13.1 Å². The maximum Gasteiger partial charge on any atom is 0.326 e. The Labute approximate surface area is 121 Å². The lowest BCUT2D eigenvalue weighted by atomic mass is 10.0. The molecule has 7 nitrogen and oxygen atoms in total. The number of furan rings is 1. The van der Waals surface area contributed by atoms with E-state index in [0.29, 0.717) is 18.5 Å². The molecule has 1 aromatic heterocycles. The normalized spacial score (nSPS) is 18.3. The first kappa shape index (κ1) is 15.1. The molecule has 0 aromatic carbocycles. The topological polar surface area (TPSA) is 99.9 Å². The lowest BCUT2D eigenvalue weighted by molar-refractivity contribution is -0.152. The summed E-state index contributed by atoms with van der Waals surface area (Å²) < 4.78 is 4.80. The van der Waals surface area contributed by atoms with Crippen LogP contribution in [0.5, 0.6) is 0 Å². The minimum Gasteiger partial charge on any atom is -0.480 e. The van der Waals surface area contributed by atoms with Gasteiger partial charge in [0, 0.05) is 19.5 Å². The van der Waals surface area contributed by atoms with Crippen LogP contribution in [0, 0.1) is 0 Å². The Hall–Kier alpha value is -2.31. The number of likely N-dealkylation sites (tertiary alicyclic amines) is 1. The third kappa shape index (κ3) is 3.84. The third-order valence-electron chi connectivity index (χ3n) is 3.52. The predicted octanol–water partition coefficient (Wildman–Crippen LogP) is 0.865. The lowest BCUT2D eigenvalue weighted by Crippen LogP contribution is -2.48. The maximum atomic E-state index is 12.1. The fourth-order valence-corrected chi connectivity index (χ4v) is 2.41. The molecule has 7 heteroatoms. The molecule has 0 saturated carbocycles. The number of rotatable bonds is 5. The van der Waals surface area contributed by atoms with Crippen LogP contribution in [0.2, 0.25) is 0 Å². The Morgan fingerprint density at radius 1 is 1.38 bits per heavy atom. The van der Waals surface area contributed by atoms with E-state index in [2.05, 4.69) is 5.32 Å². The van der Waals surface area contributed by atoms with E-state index in [1.807, 2.05) is 0 Å². The zero-order valence-electron chi connectivity index (χ0n) is 11.6. The highest BCUT2D eigenvalue weighted by Gasteiger charge is 2.31. The van der Waals surface area contributed by atoms with Crippen LogP contribution in [0.15, 0.2) is 23.0 Å². The standard InChI is InChI=1S/C14H18N2O5/c17-12(16-7-2-1-3-11(16)14(19)20)4-6-15-13(18)10-5-8-21-9-10/h5,8-9,11H,1-4,6-7H2,(H,15,18)(H,19,20)/t11-/m1/s1. The van der Waals surface area contributed by atoms with Gasteiger partial charge in [-0.1, -0.05) is 0 Å². The molecule has 0 unspecified atom stereocenters. The molecule has 1 aliphatic rings. The Kier molecular flexibility index (Phi) is 4.97. The Bertz CT molecular complexity index is 511. The molecule has 1 atom stereocenters. The summed E-state index contributed by atoms with van der Waals surface area (Å²) in [7, 11) is 0. The number of hydrogen-bond acceptors (Lipinski definition) is 4. The minimum absolute atomic E-state index is 0.0906. The molecule has 114 valence electrons. The van der Waals surface area contributed by atoms with Gasteiger partial charge >= 0.3 is 5.97 Å². The Morgan fingerprint density at radius 2 is 2.19 bits per heavy atom. The van der Waals surface area contributed by atoms with Gasteiger partial charge in [-0.15, -0.1) is 0 Å². The Morgan fingerprint density at radius 3 is 2.86 bits per heavy atom. The van der Waals surface area contributed by atoms with Gasteiger partial charge in [-0.25, -0.2) is 4.79 Å². The van der Waals surface area contributed by atoms with E-state index in [1.54, 1.807) is 0 Å². The number of nitrogens with zero attached hydrogens (tertiary/aromatic N) is 1. The molecule has 0 aliphatic carbocycles. The van der Waals surface area contributed by atoms with Gasteiger partial charge in [0.25, 0.3) is 5.91 Å². The number of carboxylic acids is 1. The van der Waals surface area contributed by atoms with Crippen molar-refractivity contribution in [2.45, 2.75) is 31.7 Å². The molecule has 2 rings (SSSR count). The van der Waals surface area contributed by atoms with Crippen molar-refractivity contribution in [3.63, 3.8) is 0 Å². The number of carbonyl (C=O) groups excluding carboxylic acids is 2. The van der Waals surface area contributed by atoms with Crippen LogP contribution >= 0.6 is 0 Å². The fraction of sp³-hybridized carbons (Fsp3) is 0.500. The van der Waals surface area contributed by atoms with Crippen molar-refractivity contribution in [2.24, 2.45) is 0 Å². The van der Waals surface area contributed by atoms with Gasteiger partial charge in [-0.3, -0.25) is 9.59 Å². The maximum absolute atomic E-state index is 12.1. The Balaban J connectivity index is 1.81. The number of piperidine rings is 1. The smallest absolute Gasteiger partial charge is 0.326 e. The fourth-order valence-electron chi connectivity index (χ4n) is 2.41. The first-order chi connectivity index (χ1) is 10.1. The molecule has 0 bridgehead atoms. The summed E-state index contributed by atoms with van der Waals surface area (Å²) >= 11 is 0. The summed E-state index contributed by atoms with van der Waals surface area (Å²) in [6.07, 6.45) is 4.93. The molecular formula is C14H18N2O5. The second kappa shape index (κ2) is 6.92. The SMILES string of the molecule is O=C(NCCC(=O)N1CCCC[C@@H]1C(=O)O)c1ccoc1. The number of hydrogen-bond donors (Lipinski definition) is 2. The van der Waals surface area contributed by atoms with Gasteiger partial charge in [0.05, 0.1) is 11.8 Å². The highest BCUT2D eigenvalue weighted by Crippen LogP contribution is 2.18. The van der Waals surface area contributed by atoms with Crippen LogP contribution < -0.4 is 5.32 Å². The molecule has 1 aromatic rings. The molecule has 2 heterocycles. The van der Waals surface area contributed by atoms with Crippen LogP contribution in [0.1, 0.15) is 36.0 Å². The molecule has 21 heavy (non-hydrogen) atoms. The van der Waals surface area contributed by atoms with Gasteiger partial charge in [0.2, 0.25) is 5.91 Å². The van der Waals surface area contributed by atoms with Crippen molar-refractivity contribution in [3.05, 3.63) is 24.2 Å². The van der Waals surface area contributed by atoms with Crippen LogP contribution in [0.3, 0.4) is 0 Å². The monoisotopic (exact) mass is 294 g/mol. The number of carboxylic acid groups (broad SMARTS) is 1. The first-order valence-corrected chi connectivity index (χ1v) is 6.92. The average molecular weight is 294 g/mol. The van der Waals surface area contributed by atoms with E-state index in [4.69, 9.17) is 9.52 Å². The van der Waals surface area contributed by atoms with E-state index in [1.165, 1.54) is 23.5 Å². The van der Waals surface area contributed by atoms with Gasteiger partial charge < -0.3 is 19.7 Å². The first-order valence-electron chi connectivity index (χ1n) is 6.92. The largest absolute Gasteiger partial charge is 0.480 e. The van der Waals surface area contributed by atoms with Crippen molar-refractivity contribution in [3.8, 4) is 0 Å². The number of nitrogens with one attached hydrogen (secondary N) is 1. The van der Waals surface area contributed by atoms with Crippen LogP contribution in [0.25, 0.3) is 0 Å². The molecule has 0 radical (unpaired) electrons. The molecular weight excluding hydrogens is 276 g/mol. The van der Waals surface area contributed by atoms with Crippen molar-refractivity contribution < 1.29 is 23.9 Å². The van der Waals surface area contributed by atoms with E-state index in [0.717, 1.165) is 12.8 Å². The summed E-state index contributed by atoms with van der Waals surface area (Å²) in [6, 6.07) is 0.790. The number of amides is 2. The molecule has 1 aliphatic heterocycles. The average Bonchev–Trinajstić information content (AvgIpc) is 3.01. The number of carbonyl (C=O) groups is 3. The van der Waals surface area contributed by atoms with E-state index < -0.39 is 12.0 Å². The zero-order valence-corrected chi connectivity index (χ0v) is 11.6. The summed E-state index contributed by atoms with van der Waals surface area (Å²) in [6.45, 7) is 0.636. The van der Waals surface area contributed by atoms with Crippen LogP contribution in [0.4, 0.5) is 0 Å². The summed E-state index contributed by atoms with van der Waals surface area (Å²) in [5.41, 5.74) is 0.392. The van der Waals surface area contributed by atoms with Gasteiger partial charge in [0.15, 0.2) is 0 Å². The highest BCUT2D eigenvalue weighted by atomic mass is 16.4. The molecule has 2 N–H and O–H groups in total. The quantitative estimate of drug-likeness (QED) is 0.839. The number of aliphatic carboxylic acids is 1. The van der Waals surface area contributed by atoms with Crippen molar-refractivity contribution in [1.29, 1.82) is 0 Å². The van der Waals surface area contributed by atoms with Gasteiger partial charge in [0.1, 0.15) is 12.3 Å². The van der Waals surface area contributed by atoms with E-state index >= 15 is 0 Å². The second-order valence-corrected chi connectivity index (χ2v) is 4.95. The summed E-state index contributed by atoms with van der Waals surface area (Å²) in [4.78, 5) is 36.3. The zero-order chi connectivity index (χ0) is 15.2. The minimum atomic E-state index is -0.967.